The van der Waals surface area contributed by atoms with E-state index in [0.717, 1.165) is 36.5 Å². The fourth-order valence-corrected chi connectivity index (χ4v) is 4.41. The summed E-state index contributed by atoms with van der Waals surface area (Å²) in [6.07, 6.45) is 1.62. The zero-order valence-corrected chi connectivity index (χ0v) is 21.4. The topological polar surface area (TPSA) is 69.6 Å². The van der Waals surface area contributed by atoms with Crippen molar-refractivity contribution in [1.29, 1.82) is 0 Å². The number of rotatable bonds is 7. The molecule has 188 valence electrons. The average molecular weight is 486 g/mol. The summed E-state index contributed by atoms with van der Waals surface area (Å²) in [5.74, 6) is 0.710. The lowest BCUT2D eigenvalue weighted by Gasteiger charge is -2.31. The molecule has 1 fully saturated rings. The standard InChI is InChI=1S/C29H35N5O2/c1-4-23(3)34(29(36)25-9-6-5-7-10-25)21-28(35)33-18-8-17-32(19-20-33)27-16-15-26(30-31-27)24-13-11-22(2)12-14-24/h5-7,9-16,23H,4,8,17-21H2,1-3H3/t23-/m0/s1. The summed E-state index contributed by atoms with van der Waals surface area (Å²) < 4.78 is 0. The molecule has 1 atom stereocenters. The molecule has 2 amide bonds. The van der Waals surface area contributed by atoms with Gasteiger partial charge in [0.05, 0.1) is 5.69 Å². The van der Waals surface area contributed by atoms with Crippen molar-refractivity contribution in [3.05, 3.63) is 77.9 Å². The summed E-state index contributed by atoms with van der Waals surface area (Å²) in [4.78, 5) is 32.2. The number of carbonyl (C=O) groups is 2. The first kappa shape index (κ1) is 25.4. The largest absolute Gasteiger partial charge is 0.353 e. The molecule has 1 aromatic heterocycles. The predicted octanol–water partition coefficient (Wildman–Crippen LogP) is 4.43. The van der Waals surface area contributed by atoms with E-state index in [4.69, 9.17) is 0 Å². The lowest BCUT2D eigenvalue weighted by Crippen LogP contribution is -2.47. The minimum absolute atomic E-state index is 0.0118. The van der Waals surface area contributed by atoms with Gasteiger partial charge in [-0.25, -0.2) is 0 Å². The molecule has 0 unspecified atom stereocenters. The highest BCUT2D eigenvalue weighted by Gasteiger charge is 2.27. The zero-order valence-electron chi connectivity index (χ0n) is 21.4. The van der Waals surface area contributed by atoms with Crippen LogP contribution < -0.4 is 4.90 Å². The van der Waals surface area contributed by atoms with Crippen LogP contribution in [0.3, 0.4) is 0 Å². The van der Waals surface area contributed by atoms with Crippen molar-refractivity contribution < 1.29 is 9.59 Å². The number of amides is 2. The van der Waals surface area contributed by atoms with E-state index in [1.165, 1.54) is 5.56 Å². The van der Waals surface area contributed by atoms with Gasteiger partial charge in [0.15, 0.2) is 5.82 Å². The summed E-state index contributed by atoms with van der Waals surface area (Å²) in [6, 6.07) is 21.4. The van der Waals surface area contributed by atoms with Crippen LogP contribution in [0, 0.1) is 6.92 Å². The van der Waals surface area contributed by atoms with Crippen LogP contribution in [0.4, 0.5) is 5.82 Å². The van der Waals surface area contributed by atoms with Crippen molar-refractivity contribution in [3.8, 4) is 11.3 Å². The number of benzene rings is 2. The van der Waals surface area contributed by atoms with Gasteiger partial charge in [-0.2, -0.15) is 0 Å². The first-order valence-electron chi connectivity index (χ1n) is 12.8. The van der Waals surface area contributed by atoms with Crippen molar-refractivity contribution in [2.45, 2.75) is 39.7 Å². The van der Waals surface area contributed by atoms with Crippen molar-refractivity contribution >= 4 is 17.6 Å². The molecule has 7 heteroatoms. The Morgan fingerprint density at radius 2 is 1.67 bits per heavy atom. The van der Waals surface area contributed by atoms with Crippen LogP contribution in [-0.4, -0.2) is 70.6 Å². The van der Waals surface area contributed by atoms with E-state index in [2.05, 4.69) is 46.3 Å². The molecule has 7 nitrogen and oxygen atoms in total. The number of aryl methyl sites for hydroxylation is 1. The minimum Gasteiger partial charge on any atom is -0.353 e. The maximum atomic E-state index is 13.3. The van der Waals surface area contributed by atoms with Gasteiger partial charge >= 0.3 is 0 Å². The third kappa shape index (κ3) is 6.08. The highest BCUT2D eigenvalue weighted by molar-refractivity contribution is 5.96. The lowest BCUT2D eigenvalue weighted by atomic mass is 10.1. The molecule has 0 radical (unpaired) electrons. The first-order chi connectivity index (χ1) is 17.5. The Hall–Kier alpha value is -3.74. The second kappa shape index (κ2) is 11.8. The van der Waals surface area contributed by atoms with E-state index in [0.29, 0.717) is 25.2 Å². The van der Waals surface area contributed by atoms with Gasteiger partial charge in [-0.15, -0.1) is 10.2 Å². The van der Waals surface area contributed by atoms with Gasteiger partial charge < -0.3 is 14.7 Å². The van der Waals surface area contributed by atoms with Crippen LogP contribution in [0.15, 0.2) is 66.7 Å². The van der Waals surface area contributed by atoms with Gasteiger partial charge in [-0.1, -0.05) is 55.0 Å². The number of nitrogens with zero attached hydrogens (tertiary/aromatic N) is 5. The molecule has 0 saturated carbocycles. The molecule has 1 aliphatic heterocycles. The van der Waals surface area contributed by atoms with Gasteiger partial charge in [-0.05, 0) is 51.0 Å². The predicted molar refractivity (Wildman–Crippen MR) is 143 cm³/mol. The van der Waals surface area contributed by atoms with E-state index in [9.17, 15) is 9.59 Å². The highest BCUT2D eigenvalue weighted by atomic mass is 16.2. The third-order valence-electron chi connectivity index (χ3n) is 6.88. The molecule has 2 heterocycles. The normalized spacial score (nSPS) is 14.8. The summed E-state index contributed by atoms with van der Waals surface area (Å²) >= 11 is 0. The molecule has 1 aliphatic rings. The van der Waals surface area contributed by atoms with Gasteiger partial charge in [0.2, 0.25) is 5.91 Å². The zero-order chi connectivity index (χ0) is 25.5. The summed E-state index contributed by atoms with van der Waals surface area (Å²) in [6.45, 7) is 8.93. The molecule has 0 bridgehead atoms. The number of aromatic nitrogens is 2. The third-order valence-corrected chi connectivity index (χ3v) is 6.88. The SMILES string of the molecule is CC[C@H](C)N(CC(=O)N1CCCN(c2ccc(-c3ccc(C)cc3)nn2)CC1)C(=O)c1ccccc1. The molecule has 3 aromatic rings. The number of carbonyl (C=O) groups excluding carboxylic acids is 2. The monoisotopic (exact) mass is 485 g/mol. The fourth-order valence-electron chi connectivity index (χ4n) is 4.41. The minimum atomic E-state index is -0.0984. The van der Waals surface area contributed by atoms with E-state index >= 15 is 0 Å². The lowest BCUT2D eigenvalue weighted by molar-refractivity contribution is -0.132. The van der Waals surface area contributed by atoms with Crippen molar-refractivity contribution in [1.82, 2.24) is 20.0 Å². The quantitative estimate of drug-likeness (QED) is 0.495. The van der Waals surface area contributed by atoms with Crippen LogP contribution in [-0.2, 0) is 4.79 Å². The van der Waals surface area contributed by atoms with Crippen molar-refractivity contribution in [3.63, 3.8) is 0 Å². The summed E-state index contributed by atoms with van der Waals surface area (Å²) in [5.41, 5.74) is 3.71. The Kier molecular flexibility index (Phi) is 8.31. The number of hydrogen-bond donors (Lipinski definition) is 0. The molecule has 1 saturated heterocycles. The van der Waals surface area contributed by atoms with E-state index < -0.39 is 0 Å². The van der Waals surface area contributed by atoms with Crippen molar-refractivity contribution in [2.24, 2.45) is 0 Å². The maximum absolute atomic E-state index is 13.3. The molecule has 0 N–H and O–H groups in total. The van der Waals surface area contributed by atoms with E-state index in [-0.39, 0.29) is 24.4 Å². The summed E-state index contributed by atoms with van der Waals surface area (Å²) in [5, 5.41) is 8.91. The summed E-state index contributed by atoms with van der Waals surface area (Å²) in [7, 11) is 0. The molecule has 2 aromatic carbocycles. The first-order valence-corrected chi connectivity index (χ1v) is 12.8. The van der Waals surface area contributed by atoms with Crippen LogP contribution in [0.2, 0.25) is 0 Å². The Morgan fingerprint density at radius 3 is 2.33 bits per heavy atom. The van der Waals surface area contributed by atoms with Crippen LogP contribution >= 0.6 is 0 Å². The van der Waals surface area contributed by atoms with E-state index in [1.54, 1.807) is 17.0 Å². The fraction of sp³-hybridized carbons (Fsp3) is 0.379. The highest BCUT2D eigenvalue weighted by Crippen LogP contribution is 2.20. The second-order valence-electron chi connectivity index (χ2n) is 9.42. The Labute approximate surface area is 213 Å². The average Bonchev–Trinajstić information content (AvgIpc) is 3.18. The van der Waals surface area contributed by atoms with Crippen molar-refractivity contribution in [2.75, 3.05) is 37.6 Å². The Bertz CT molecular complexity index is 1150. The van der Waals surface area contributed by atoms with Gasteiger partial charge in [0.1, 0.15) is 6.54 Å². The molecule has 4 rings (SSSR count). The molecular weight excluding hydrogens is 450 g/mol. The number of anilines is 1. The smallest absolute Gasteiger partial charge is 0.254 e. The second-order valence-corrected chi connectivity index (χ2v) is 9.42. The van der Waals surface area contributed by atoms with Gasteiger partial charge in [-0.3, -0.25) is 9.59 Å². The van der Waals surface area contributed by atoms with Crippen LogP contribution in [0.25, 0.3) is 11.3 Å². The maximum Gasteiger partial charge on any atom is 0.254 e. The molecule has 36 heavy (non-hydrogen) atoms. The van der Waals surface area contributed by atoms with Gasteiger partial charge in [0.25, 0.3) is 5.91 Å². The molecule has 0 spiro atoms. The molecule has 0 aliphatic carbocycles. The Morgan fingerprint density at radius 1 is 0.917 bits per heavy atom. The van der Waals surface area contributed by atoms with Crippen LogP contribution in [0.1, 0.15) is 42.6 Å². The van der Waals surface area contributed by atoms with Gasteiger partial charge in [0, 0.05) is 43.3 Å². The van der Waals surface area contributed by atoms with E-state index in [1.807, 2.05) is 49.1 Å². The van der Waals surface area contributed by atoms with Crippen LogP contribution in [0.5, 0.6) is 0 Å². The molecular formula is C29H35N5O2. The Balaban J connectivity index is 1.38. The number of hydrogen-bond acceptors (Lipinski definition) is 5.